The Kier molecular flexibility index (Phi) is 4.31. The van der Waals surface area contributed by atoms with Gasteiger partial charge in [-0.2, -0.15) is 0 Å². The lowest BCUT2D eigenvalue weighted by atomic mass is 10.1. The molecule has 0 spiro atoms. The molecule has 1 aliphatic heterocycles. The van der Waals surface area contributed by atoms with E-state index in [1.54, 1.807) is 12.1 Å². The fourth-order valence-electron chi connectivity index (χ4n) is 2.30. The monoisotopic (exact) mass is 250 g/mol. The topological polar surface area (TPSA) is 32.3 Å². The van der Waals surface area contributed by atoms with E-state index in [1.807, 2.05) is 0 Å². The molecule has 1 aromatic rings. The van der Waals surface area contributed by atoms with Gasteiger partial charge in [0.25, 0.3) is 0 Å². The largest absolute Gasteiger partial charge is 0.355 e. The third-order valence-corrected chi connectivity index (χ3v) is 3.35. The maximum atomic E-state index is 12.7. The minimum Gasteiger partial charge on any atom is -0.355 e. The molecule has 1 N–H and O–H groups in total. The molecule has 18 heavy (non-hydrogen) atoms. The van der Waals surface area contributed by atoms with Crippen LogP contribution in [0.2, 0.25) is 0 Å². The van der Waals surface area contributed by atoms with Gasteiger partial charge in [-0.1, -0.05) is 12.1 Å². The van der Waals surface area contributed by atoms with Crippen molar-refractivity contribution in [3.05, 3.63) is 35.6 Å². The summed E-state index contributed by atoms with van der Waals surface area (Å²) >= 11 is 0. The van der Waals surface area contributed by atoms with Gasteiger partial charge >= 0.3 is 0 Å². The lowest BCUT2D eigenvalue weighted by molar-refractivity contribution is -0.120. The number of nitrogens with zero attached hydrogens (tertiary/aromatic N) is 1. The molecule has 0 radical (unpaired) electrons. The van der Waals surface area contributed by atoms with E-state index in [0.717, 1.165) is 31.6 Å². The fraction of sp³-hybridized carbons (Fsp3) is 0.500. The van der Waals surface area contributed by atoms with Crippen molar-refractivity contribution in [1.82, 2.24) is 10.2 Å². The average Bonchev–Trinajstić information content (AvgIpc) is 2.76. The molecule has 4 heteroatoms. The highest BCUT2D eigenvalue weighted by molar-refractivity contribution is 5.78. The van der Waals surface area contributed by atoms with Gasteiger partial charge in [0.2, 0.25) is 5.91 Å². The molecule has 0 aromatic heterocycles. The van der Waals surface area contributed by atoms with Gasteiger partial charge < -0.3 is 10.2 Å². The maximum absolute atomic E-state index is 12.7. The van der Waals surface area contributed by atoms with E-state index < -0.39 is 0 Å². The summed E-state index contributed by atoms with van der Waals surface area (Å²) in [4.78, 5) is 14.0. The number of carbonyl (C=O) groups excluding carboxylic acids is 1. The minimum atomic E-state index is -0.270. The van der Waals surface area contributed by atoms with E-state index in [9.17, 15) is 9.18 Å². The SMILES string of the molecule is CN1CCC(CNC(=O)Cc2ccc(F)cc2)C1. The summed E-state index contributed by atoms with van der Waals surface area (Å²) in [6.45, 7) is 2.90. The van der Waals surface area contributed by atoms with Gasteiger partial charge in [0.05, 0.1) is 6.42 Å². The van der Waals surface area contributed by atoms with Crippen molar-refractivity contribution in [2.24, 2.45) is 5.92 Å². The first-order valence-corrected chi connectivity index (χ1v) is 6.33. The Morgan fingerprint density at radius 1 is 1.44 bits per heavy atom. The highest BCUT2D eigenvalue weighted by Gasteiger charge is 2.19. The van der Waals surface area contributed by atoms with Crippen molar-refractivity contribution in [1.29, 1.82) is 0 Å². The molecule has 1 aromatic carbocycles. The predicted molar refractivity (Wildman–Crippen MR) is 68.7 cm³/mol. The van der Waals surface area contributed by atoms with Crippen LogP contribution in [0.1, 0.15) is 12.0 Å². The fourth-order valence-corrected chi connectivity index (χ4v) is 2.30. The molecule has 1 saturated heterocycles. The Hall–Kier alpha value is -1.42. The summed E-state index contributed by atoms with van der Waals surface area (Å²) in [6, 6.07) is 6.07. The Bertz CT molecular complexity index is 405. The van der Waals surface area contributed by atoms with Crippen molar-refractivity contribution in [3.8, 4) is 0 Å². The van der Waals surface area contributed by atoms with Crippen molar-refractivity contribution in [3.63, 3.8) is 0 Å². The quantitative estimate of drug-likeness (QED) is 0.877. The van der Waals surface area contributed by atoms with Gasteiger partial charge in [-0.05, 0) is 43.6 Å². The van der Waals surface area contributed by atoms with Gasteiger partial charge in [0.1, 0.15) is 5.82 Å². The molecule has 0 aliphatic carbocycles. The molecule has 1 atom stereocenters. The molecule has 1 unspecified atom stereocenters. The Morgan fingerprint density at radius 2 is 2.17 bits per heavy atom. The Labute approximate surface area is 107 Å². The van der Waals surface area contributed by atoms with E-state index in [4.69, 9.17) is 0 Å². The second-order valence-corrected chi connectivity index (χ2v) is 5.02. The zero-order chi connectivity index (χ0) is 13.0. The standard InChI is InChI=1S/C14H19FN2O/c1-17-7-6-12(10-17)9-16-14(18)8-11-2-4-13(15)5-3-11/h2-5,12H,6-10H2,1H3,(H,16,18). The summed E-state index contributed by atoms with van der Waals surface area (Å²) in [5, 5.41) is 2.95. The smallest absolute Gasteiger partial charge is 0.224 e. The first kappa shape index (κ1) is 13.0. The van der Waals surface area contributed by atoms with Crippen LogP contribution >= 0.6 is 0 Å². The van der Waals surface area contributed by atoms with Crippen molar-refractivity contribution < 1.29 is 9.18 Å². The first-order valence-electron chi connectivity index (χ1n) is 6.33. The van der Waals surface area contributed by atoms with Crippen LogP contribution in [-0.2, 0) is 11.2 Å². The molecule has 1 fully saturated rings. The van der Waals surface area contributed by atoms with E-state index in [0.29, 0.717) is 12.3 Å². The molecular formula is C14H19FN2O. The molecule has 98 valence electrons. The number of rotatable bonds is 4. The molecule has 1 heterocycles. The van der Waals surface area contributed by atoms with Gasteiger partial charge in [0, 0.05) is 13.1 Å². The molecule has 2 rings (SSSR count). The van der Waals surface area contributed by atoms with Crippen molar-refractivity contribution in [2.45, 2.75) is 12.8 Å². The van der Waals surface area contributed by atoms with Crippen LogP contribution in [0.5, 0.6) is 0 Å². The van der Waals surface area contributed by atoms with E-state index >= 15 is 0 Å². The Balaban J connectivity index is 1.73. The van der Waals surface area contributed by atoms with Crippen LogP contribution in [0.25, 0.3) is 0 Å². The van der Waals surface area contributed by atoms with E-state index in [2.05, 4.69) is 17.3 Å². The second-order valence-electron chi connectivity index (χ2n) is 5.02. The van der Waals surface area contributed by atoms with Crippen LogP contribution < -0.4 is 5.32 Å². The highest BCUT2D eigenvalue weighted by Crippen LogP contribution is 2.12. The number of carbonyl (C=O) groups is 1. The van der Waals surface area contributed by atoms with Crippen LogP contribution in [-0.4, -0.2) is 37.5 Å². The van der Waals surface area contributed by atoms with E-state index in [1.165, 1.54) is 12.1 Å². The lowest BCUT2D eigenvalue weighted by Gasteiger charge is -2.11. The lowest BCUT2D eigenvalue weighted by Crippen LogP contribution is -2.31. The van der Waals surface area contributed by atoms with Gasteiger partial charge in [-0.15, -0.1) is 0 Å². The first-order chi connectivity index (χ1) is 8.63. The van der Waals surface area contributed by atoms with Crippen LogP contribution in [0.4, 0.5) is 4.39 Å². The number of hydrogen-bond acceptors (Lipinski definition) is 2. The third-order valence-electron chi connectivity index (χ3n) is 3.35. The van der Waals surface area contributed by atoms with Gasteiger partial charge in [-0.3, -0.25) is 4.79 Å². The molecule has 3 nitrogen and oxygen atoms in total. The summed E-state index contributed by atoms with van der Waals surface area (Å²) < 4.78 is 12.7. The van der Waals surface area contributed by atoms with Crippen LogP contribution in [0.15, 0.2) is 24.3 Å². The van der Waals surface area contributed by atoms with Gasteiger partial charge in [0.15, 0.2) is 0 Å². The second kappa shape index (κ2) is 5.96. The average molecular weight is 250 g/mol. The number of hydrogen-bond donors (Lipinski definition) is 1. The summed E-state index contributed by atoms with van der Waals surface area (Å²) in [5.74, 6) is 0.302. The van der Waals surface area contributed by atoms with E-state index in [-0.39, 0.29) is 11.7 Å². The van der Waals surface area contributed by atoms with Crippen molar-refractivity contribution >= 4 is 5.91 Å². The molecule has 1 amide bonds. The zero-order valence-electron chi connectivity index (χ0n) is 10.7. The predicted octanol–water partition coefficient (Wildman–Crippen LogP) is 1.44. The summed E-state index contributed by atoms with van der Waals surface area (Å²) in [7, 11) is 2.10. The van der Waals surface area contributed by atoms with Gasteiger partial charge in [-0.25, -0.2) is 4.39 Å². The molecule has 0 bridgehead atoms. The molecule has 0 saturated carbocycles. The number of amides is 1. The number of halogens is 1. The number of nitrogens with one attached hydrogen (secondary N) is 1. The minimum absolute atomic E-state index is 0.0103. The zero-order valence-corrected chi connectivity index (χ0v) is 10.7. The summed E-state index contributed by atoms with van der Waals surface area (Å²) in [6.07, 6.45) is 1.47. The van der Waals surface area contributed by atoms with Crippen LogP contribution in [0, 0.1) is 11.7 Å². The van der Waals surface area contributed by atoms with Crippen LogP contribution in [0.3, 0.4) is 0 Å². The third kappa shape index (κ3) is 3.81. The molecular weight excluding hydrogens is 231 g/mol. The molecule has 1 aliphatic rings. The maximum Gasteiger partial charge on any atom is 0.224 e. The van der Waals surface area contributed by atoms with Crippen molar-refractivity contribution in [2.75, 3.05) is 26.7 Å². The number of likely N-dealkylation sites (tertiary alicyclic amines) is 1. The summed E-state index contributed by atoms with van der Waals surface area (Å²) in [5.41, 5.74) is 0.845. The normalized spacial score (nSPS) is 20.0. The number of benzene rings is 1. The highest BCUT2D eigenvalue weighted by atomic mass is 19.1. The Morgan fingerprint density at radius 3 is 2.78 bits per heavy atom.